The van der Waals surface area contributed by atoms with E-state index in [4.69, 9.17) is 30.5 Å². The fraction of sp³-hybridized carbons (Fsp3) is 0.409. The number of carbonyl (C=O) groups is 1. The van der Waals surface area contributed by atoms with Crippen LogP contribution < -0.4 is 14.4 Å². The lowest BCUT2D eigenvalue weighted by atomic mass is 10.1. The van der Waals surface area contributed by atoms with Gasteiger partial charge >= 0.3 is 0 Å². The van der Waals surface area contributed by atoms with E-state index in [1.165, 1.54) is 0 Å². The van der Waals surface area contributed by atoms with E-state index in [0.29, 0.717) is 48.5 Å². The van der Waals surface area contributed by atoms with Crippen molar-refractivity contribution in [2.75, 3.05) is 31.8 Å². The molecule has 0 saturated carbocycles. The van der Waals surface area contributed by atoms with E-state index in [-0.39, 0.29) is 5.91 Å². The number of anilines is 1. The average molecular weight is 418 g/mol. The zero-order chi connectivity index (χ0) is 20.4. The van der Waals surface area contributed by atoms with Gasteiger partial charge in [0.15, 0.2) is 11.5 Å². The molecule has 154 valence electrons. The molecule has 29 heavy (non-hydrogen) atoms. The summed E-state index contributed by atoms with van der Waals surface area (Å²) in [5, 5.41) is 0.534. The molecule has 2 heterocycles. The maximum atomic E-state index is 13.3. The van der Waals surface area contributed by atoms with Gasteiger partial charge in [-0.2, -0.15) is 0 Å². The Morgan fingerprint density at radius 3 is 2.66 bits per heavy atom. The molecule has 0 unspecified atom stereocenters. The van der Waals surface area contributed by atoms with Crippen LogP contribution in [0.25, 0.3) is 0 Å². The smallest absolute Gasteiger partial charge is 0.292 e. The van der Waals surface area contributed by atoms with Crippen molar-refractivity contribution in [1.82, 2.24) is 0 Å². The van der Waals surface area contributed by atoms with E-state index in [2.05, 4.69) is 6.92 Å². The summed E-state index contributed by atoms with van der Waals surface area (Å²) in [4.78, 5) is 14.9. The summed E-state index contributed by atoms with van der Waals surface area (Å²) in [6, 6.07) is 11.0. The molecule has 2 aliphatic heterocycles. The molecule has 0 aliphatic carbocycles. The summed E-state index contributed by atoms with van der Waals surface area (Å²) in [5.74, 6) is -0.296. The first-order valence-corrected chi connectivity index (χ1v) is 10.2. The zero-order valence-corrected chi connectivity index (χ0v) is 17.3. The number of rotatable bonds is 7. The Hall–Kier alpha value is -2.28. The van der Waals surface area contributed by atoms with Gasteiger partial charge in [-0.1, -0.05) is 31.0 Å². The van der Waals surface area contributed by atoms with Gasteiger partial charge in [0.2, 0.25) is 0 Å². The average Bonchev–Trinajstić information content (AvgIpc) is 3.30. The second kappa shape index (κ2) is 8.22. The Morgan fingerprint density at radius 2 is 1.93 bits per heavy atom. The quantitative estimate of drug-likeness (QED) is 0.629. The van der Waals surface area contributed by atoms with Crippen LogP contribution >= 0.6 is 11.6 Å². The van der Waals surface area contributed by atoms with Gasteiger partial charge in [0, 0.05) is 10.6 Å². The number of benzene rings is 2. The lowest BCUT2D eigenvalue weighted by molar-refractivity contribution is -0.180. The van der Waals surface area contributed by atoms with Crippen LogP contribution in [0.2, 0.25) is 5.02 Å². The summed E-state index contributed by atoms with van der Waals surface area (Å²) in [6.07, 6.45) is 2.04. The predicted octanol–water partition coefficient (Wildman–Crippen LogP) is 4.27. The molecule has 2 aromatic rings. The number of hydrogen-bond donors (Lipinski definition) is 0. The third-order valence-corrected chi connectivity index (χ3v) is 5.38. The Balaban J connectivity index is 1.62. The maximum absolute atomic E-state index is 13.3. The van der Waals surface area contributed by atoms with Gasteiger partial charge in [0.05, 0.1) is 39.2 Å². The molecule has 0 atom stereocenters. The molecule has 0 aromatic heterocycles. The molecule has 1 spiro atoms. The lowest BCUT2D eigenvalue weighted by Gasteiger charge is -2.22. The first kappa shape index (κ1) is 20.0. The number of hydrogen-bond acceptors (Lipinski definition) is 5. The molecule has 2 aromatic carbocycles. The molecule has 0 N–H and O–H groups in total. The number of halogens is 1. The third kappa shape index (κ3) is 3.56. The largest absolute Gasteiger partial charge is 0.493 e. The summed E-state index contributed by atoms with van der Waals surface area (Å²) in [7, 11) is 1.61. The van der Waals surface area contributed by atoms with Crippen LogP contribution in [-0.2, 0) is 26.6 Å². The SMILES string of the molecule is CCCCOc1ccc(CN2C(=O)C3(OCCO3)c3cc(Cl)ccc32)cc1OC. The van der Waals surface area contributed by atoms with Gasteiger partial charge in [-0.25, -0.2) is 0 Å². The number of ether oxygens (including phenoxy) is 4. The first-order chi connectivity index (χ1) is 14.1. The summed E-state index contributed by atoms with van der Waals surface area (Å²) < 4.78 is 22.8. The van der Waals surface area contributed by atoms with E-state index >= 15 is 0 Å². The Bertz CT molecular complexity index is 910. The number of unbranched alkanes of at least 4 members (excludes halogenated alkanes) is 1. The van der Waals surface area contributed by atoms with Crippen LogP contribution in [-0.4, -0.2) is 32.8 Å². The molecule has 4 rings (SSSR count). The Labute approximate surface area is 175 Å². The minimum absolute atomic E-state index is 0.241. The highest BCUT2D eigenvalue weighted by molar-refractivity contribution is 6.31. The van der Waals surface area contributed by atoms with Crippen molar-refractivity contribution in [3.05, 3.63) is 52.5 Å². The van der Waals surface area contributed by atoms with E-state index in [9.17, 15) is 4.79 Å². The minimum Gasteiger partial charge on any atom is -0.493 e. The highest BCUT2D eigenvalue weighted by Crippen LogP contribution is 2.47. The van der Waals surface area contributed by atoms with Crippen LogP contribution in [0.1, 0.15) is 30.9 Å². The second-order valence-corrected chi connectivity index (χ2v) is 7.49. The predicted molar refractivity (Wildman–Crippen MR) is 110 cm³/mol. The lowest BCUT2D eigenvalue weighted by Crippen LogP contribution is -2.40. The van der Waals surface area contributed by atoms with E-state index in [1.54, 1.807) is 24.1 Å². The van der Waals surface area contributed by atoms with Gasteiger partial charge in [-0.15, -0.1) is 0 Å². The van der Waals surface area contributed by atoms with Crippen LogP contribution in [0, 0.1) is 0 Å². The van der Waals surface area contributed by atoms with E-state index in [1.807, 2.05) is 24.3 Å². The molecule has 1 fully saturated rings. The van der Waals surface area contributed by atoms with Crippen molar-refractivity contribution in [2.24, 2.45) is 0 Å². The van der Waals surface area contributed by atoms with Crippen molar-refractivity contribution in [1.29, 1.82) is 0 Å². The number of carbonyl (C=O) groups excluding carboxylic acids is 1. The number of nitrogens with zero attached hydrogens (tertiary/aromatic N) is 1. The van der Waals surface area contributed by atoms with Gasteiger partial charge in [-0.3, -0.25) is 4.79 Å². The highest BCUT2D eigenvalue weighted by Gasteiger charge is 2.56. The van der Waals surface area contributed by atoms with Gasteiger partial charge in [-0.05, 0) is 42.3 Å². The van der Waals surface area contributed by atoms with Crippen molar-refractivity contribution < 1.29 is 23.7 Å². The van der Waals surface area contributed by atoms with Gasteiger partial charge in [0.1, 0.15) is 0 Å². The normalized spacial score (nSPS) is 17.1. The zero-order valence-electron chi connectivity index (χ0n) is 16.6. The van der Waals surface area contributed by atoms with E-state index in [0.717, 1.165) is 24.1 Å². The third-order valence-electron chi connectivity index (χ3n) is 5.15. The fourth-order valence-corrected chi connectivity index (χ4v) is 3.87. The van der Waals surface area contributed by atoms with Crippen LogP contribution in [0.5, 0.6) is 11.5 Å². The molecule has 1 saturated heterocycles. The van der Waals surface area contributed by atoms with Crippen molar-refractivity contribution in [2.45, 2.75) is 32.1 Å². The van der Waals surface area contributed by atoms with Gasteiger partial charge in [0.25, 0.3) is 11.7 Å². The second-order valence-electron chi connectivity index (χ2n) is 7.05. The fourth-order valence-electron chi connectivity index (χ4n) is 3.70. The Kier molecular flexibility index (Phi) is 5.67. The van der Waals surface area contributed by atoms with E-state index < -0.39 is 5.79 Å². The van der Waals surface area contributed by atoms with Crippen molar-refractivity contribution >= 4 is 23.2 Å². The molecular formula is C22H24ClNO5. The molecule has 0 radical (unpaired) electrons. The van der Waals surface area contributed by atoms with Crippen molar-refractivity contribution in [3.8, 4) is 11.5 Å². The molecule has 6 nitrogen and oxygen atoms in total. The van der Waals surface area contributed by atoms with Crippen LogP contribution in [0.4, 0.5) is 5.69 Å². The number of amides is 1. The topological polar surface area (TPSA) is 57.2 Å². The van der Waals surface area contributed by atoms with Gasteiger partial charge < -0.3 is 23.8 Å². The number of fused-ring (bicyclic) bond motifs is 2. The minimum atomic E-state index is -1.40. The number of methoxy groups -OCH3 is 1. The molecular weight excluding hydrogens is 394 g/mol. The molecule has 0 bridgehead atoms. The monoisotopic (exact) mass is 417 g/mol. The molecule has 7 heteroatoms. The maximum Gasteiger partial charge on any atom is 0.292 e. The highest BCUT2D eigenvalue weighted by atomic mass is 35.5. The van der Waals surface area contributed by atoms with Crippen molar-refractivity contribution in [3.63, 3.8) is 0 Å². The standard InChI is InChI=1S/C22H24ClNO5/c1-3-4-9-27-19-8-5-15(12-20(19)26-2)14-24-18-7-6-16(23)13-17(18)22(21(24)25)28-10-11-29-22/h5-8,12-13H,3-4,9-11,14H2,1-2H3. The van der Waals surface area contributed by atoms with Crippen LogP contribution in [0.15, 0.2) is 36.4 Å². The summed E-state index contributed by atoms with van der Waals surface area (Å²) in [6.45, 7) is 3.84. The summed E-state index contributed by atoms with van der Waals surface area (Å²) in [5.41, 5.74) is 2.30. The first-order valence-electron chi connectivity index (χ1n) is 9.78. The summed E-state index contributed by atoms with van der Waals surface area (Å²) >= 11 is 6.18. The molecule has 2 aliphatic rings. The Morgan fingerprint density at radius 1 is 1.14 bits per heavy atom. The molecule has 1 amide bonds. The van der Waals surface area contributed by atoms with Crippen LogP contribution in [0.3, 0.4) is 0 Å².